The van der Waals surface area contributed by atoms with E-state index in [1.54, 1.807) is 48.5 Å². The lowest BCUT2D eigenvalue weighted by molar-refractivity contribution is -0.991. The van der Waals surface area contributed by atoms with E-state index in [-0.39, 0.29) is 11.5 Å². The Bertz CT molecular complexity index is 866. The molecule has 0 saturated heterocycles. The van der Waals surface area contributed by atoms with Crippen molar-refractivity contribution in [1.82, 2.24) is 0 Å². The fraction of sp³-hybridized carbons (Fsp3) is 0. The second-order valence-electron chi connectivity index (χ2n) is 5.15. The second-order valence-corrected chi connectivity index (χ2v) is 5.15. The van der Waals surface area contributed by atoms with Gasteiger partial charge in [0.1, 0.15) is 11.5 Å². The number of allylic oxidation sites excluding steroid dienone is 1. The van der Waals surface area contributed by atoms with E-state index in [4.69, 9.17) is 9.62 Å². The molecule has 0 saturated carbocycles. The van der Waals surface area contributed by atoms with Gasteiger partial charge in [-0.3, -0.25) is 4.79 Å². The predicted molar refractivity (Wildman–Crippen MR) is 89.7 cm³/mol. The van der Waals surface area contributed by atoms with Crippen LogP contribution in [-0.4, -0.2) is 11.0 Å². The van der Waals surface area contributed by atoms with Crippen LogP contribution in [0.15, 0.2) is 77.2 Å². The zero-order valence-corrected chi connectivity index (χ0v) is 12.7. The van der Waals surface area contributed by atoms with Crippen LogP contribution >= 0.6 is 0 Å². The molecule has 3 aromatic rings. The monoisotopic (exact) mass is 321 g/mol. The topological polar surface area (TPSA) is 77.9 Å². The molecule has 1 atom stereocenters. The van der Waals surface area contributed by atoms with Crippen LogP contribution in [0.2, 0.25) is 0 Å². The molecule has 0 bridgehead atoms. The zero-order valence-electron chi connectivity index (χ0n) is 12.7. The average molecular weight is 321 g/mol. The van der Waals surface area contributed by atoms with Gasteiger partial charge in [0.2, 0.25) is 0 Å². The third kappa shape index (κ3) is 3.67. The molecule has 2 aromatic carbocycles. The van der Waals surface area contributed by atoms with Crippen LogP contribution in [0.4, 0.5) is 5.69 Å². The summed E-state index contributed by atoms with van der Waals surface area (Å²) in [5.74, 6) is 0.960. The highest BCUT2D eigenvalue weighted by atomic mass is 16.8. The molecule has 0 radical (unpaired) electrons. The Kier molecular flexibility index (Phi) is 4.67. The number of hydrogen-bond acceptors (Lipinski definition) is 4. The molecule has 1 unspecified atom stereocenters. The van der Waals surface area contributed by atoms with Gasteiger partial charge in [-0.25, -0.2) is 5.21 Å². The van der Waals surface area contributed by atoms with Crippen LogP contribution in [0.3, 0.4) is 0 Å². The summed E-state index contributed by atoms with van der Waals surface area (Å²) in [7, 11) is 0. The van der Waals surface area contributed by atoms with Crippen LogP contribution in [0.25, 0.3) is 17.4 Å². The van der Waals surface area contributed by atoms with E-state index in [0.29, 0.717) is 22.6 Å². The highest BCUT2D eigenvalue weighted by Crippen LogP contribution is 2.24. The molecule has 120 valence electrons. The summed E-state index contributed by atoms with van der Waals surface area (Å²) in [5.41, 5.74) is 1.47. The number of quaternary nitrogens is 1. The van der Waals surface area contributed by atoms with E-state index >= 15 is 0 Å². The third-order valence-corrected chi connectivity index (χ3v) is 3.48. The standard InChI is InChI=1S/C19H15NO4/c21-18(14-5-2-1-3-6-14)11-9-17-10-12-19(24-17)15-7-4-8-16(13-15)20(22)23/h1-13,20,22H. The van der Waals surface area contributed by atoms with Gasteiger partial charge >= 0.3 is 0 Å². The van der Waals surface area contributed by atoms with Gasteiger partial charge in [0.05, 0.1) is 0 Å². The lowest BCUT2D eigenvalue weighted by atomic mass is 10.1. The smallest absolute Gasteiger partial charge is 0.185 e. The van der Waals surface area contributed by atoms with Crippen molar-refractivity contribution in [1.29, 1.82) is 0 Å². The molecule has 3 rings (SSSR count). The first kappa shape index (κ1) is 15.9. The summed E-state index contributed by atoms with van der Waals surface area (Å²) in [4.78, 5) is 12.0. The van der Waals surface area contributed by atoms with Crippen LogP contribution in [0.1, 0.15) is 16.1 Å². The summed E-state index contributed by atoms with van der Waals surface area (Å²) < 4.78 is 5.66. The van der Waals surface area contributed by atoms with Crippen LogP contribution in [-0.2, 0) is 0 Å². The molecule has 0 spiro atoms. The minimum atomic E-state index is -0.989. The molecule has 2 N–H and O–H groups in total. The SMILES string of the molecule is O=C(C=Cc1ccc(-c2cccc([NH+]([O-])O)c2)o1)c1ccccc1. The van der Waals surface area contributed by atoms with Gasteiger partial charge in [0, 0.05) is 23.3 Å². The Morgan fingerprint density at radius 2 is 1.83 bits per heavy atom. The normalized spacial score (nSPS) is 12.4. The van der Waals surface area contributed by atoms with Crippen LogP contribution < -0.4 is 5.23 Å². The summed E-state index contributed by atoms with van der Waals surface area (Å²) in [5, 5.41) is 19.1. The summed E-state index contributed by atoms with van der Waals surface area (Å²) in [6.07, 6.45) is 3.05. The van der Waals surface area contributed by atoms with Crippen molar-refractivity contribution in [2.24, 2.45) is 0 Å². The van der Waals surface area contributed by atoms with Gasteiger partial charge in [-0.05, 0) is 24.3 Å². The Hall–Kier alpha value is -2.99. The number of carbonyl (C=O) groups excluding carboxylic acids is 1. The van der Waals surface area contributed by atoms with Crippen molar-refractivity contribution >= 4 is 17.5 Å². The van der Waals surface area contributed by atoms with Crippen LogP contribution in [0, 0.1) is 5.21 Å². The fourth-order valence-electron chi connectivity index (χ4n) is 2.26. The quantitative estimate of drug-likeness (QED) is 0.429. The van der Waals surface area contributed by atoms with Crippen LogP contribution in [0.5, 0.6) is 0 Å². The van der Waals surface area contributed by atoms with Crippen molar-refractivity contribution < 1.29 is 19.6 Å². The minimum absolute atomic E-state index is 0.110. The lowest BCUT2D eigenvalue weighted by Gasteiger charge is -2.11. The molecular formula is C19H15NO4. The Labute approximate surface area is 138 Å². The van der Waals surface area contributed by atoms with Crippen molar-refractivity contribution in [2.45, 2.75) is 0 Å². The highest BCUT2D eigenvalue weighted by molar-refractivity contribution is 6.06. The molecule has 5 nitrogen and oxygen atoms in total. The largest absolute Gasteiger partial charge is 0.595 e. The third-order valence-electron chi connectivity index (χ3n) is 3.48. The highest BCUT2D eigenvalue weighted by Gasteiger charge is 2.07. The molecule has 0 amide bonds. The van der Waals surface area contributed by atoms with E-state index in [2.05, 4.69) is 0 Å². The Morgan fingerprint density at radius 1 is 1.04 bits per heavy atom. The lowest BCUT2D eigenvalue weighted by Crippen LogP contribution is -2.99. The molecular weight excluding hydrogens is 306 g/mol. The number of furan rings is 1. The molecule has 0 aliphatic carbocycles. The molecule has 5 heteroatoms. The molecule has 0 fully saturated rings. The van der Waals surface area contributed by atoms with Crippen molar-refractivity contribution in [3.63, 3.8) is 0 Å². The van der Waals surface area contributed by atoms with Gasteiger partial charge in [-0.1, -0.05) is 42.5 Å². The average Bonchev–Trinajstić information content (AvgIpc) is 3.09. The Balaban J connectivity index is 1.77. The number of ketones is 1. The van der Waals surface area contributed by atoms with Gasteiger partial charge in [0.25, 0.3) is 0 Å². The molecule has 0 aliphatic heterocycles. The van der Waals surface area contributed by atoms with Crippen molar-refractivity contribution in [3.05, 3.63) is 89.3 Å². The van der Waals surface area contributed by atoms with E-state index in [1.807, 2.05) is 18.2 Å². The maximum absolute atomic E-state index is 12.0. The molecule has 1 aromatic heterocycles. The summed E-state index contributed by atoms with van der Waals surface area (Å²) in [6, 6.07) is 18.9. The van der Waals surface area contributed by atoms with Gasteiger partial charge in [-0.15, -0.1) is 0 Å². The minimum Gasteiger partial charge on any atom is -0.595 e. The maximum atomic E-state index is 12.0. The second kappa shape index (κ2) is 7.06. The number of hydrogen-bond donors (Lipinski definition) is 2. The van der Waals surface area contributed by atoms with Crippen molar-refractivity contribution in [3.8, 4) is 11.3 Å². The molecule has 24 heavy (non-hydrogen) atoms. The predicted octanol–water partition coefficient (Wildman–Crippen LogP) is 3.25. The summed E-state index contributed by atoms with van der Waals surface area (Å²) >= 11 is 0. The van der Waals surface area contributed by atoms with Gasteiger partial charge < -0.3 is 9.62 Å². The first-order chi connectivity index (χ1) is 11.6. The molecule has 0 aliphatic rings. The van der Waals surface area contributed by atoms with E-state index in [1.165, 1.54) is 12.1 Å². The fourth-order valence-corrected chi connectivity index (χ4v) is 2.26. The number of benzene rings is 2. The summed E-state index contributed by atoms with van der Waals surface area (Å²) in [6.45, 7) is 0. The van der Waals surface area contributed by atoms with Gasteiger partial charge in [-0.2, -0.15) is 5.23 Å². The number of nitrogens with one attached hydrogen (secondary N) is 1. The van der Waals surface area contributed by atoms with Crippen molar-refractivity contribution in [2.75, 3.05) is 0 Å². The van der Waals surface area contributed by atoms with Gasteiger partial charge in [0.15, 0.2) is 11.5 Å². The molecule has 1 heterocycles. The number of carbonyl (C=O) groups is 1. The maximum Gasteiger partial charge on any atom is 0.185 e. The van der Waals surface area contributed by atoms with E-state index < -0.39 is 5.23 Å². The first-order valence-corrected chi connectivity index (χ1v) is 7.34. The van der Waals surface area contributed by atoms with E-state index in [9.17, 15) is 10.0 Å². The number of rotatable bonds is 5. The first-order valence-electron chi connectivity index (χ1n) is 7.34. The van der Waals surface area contributed by atoms with E-state index in [0.717, 1.165) is 0 Å². The Morgan fingerprint density at radius 3 is 2.58 bits per heavy atom. The zero-order chi connectivity index (χ0) is 16.9.